The Morgan fingerprint density at radius 1 is 1.10 bits per heavy atom. The van der Waals surface area contributed by atoms with E-state index in [0.717, 1.165) is 47.7 Å². The van der Waals surface area contributed by atoms with Crippen molar-refractivity contribution in [1.82, 2.24) is 4.90 Å². The van der Waals surface area contributed by atoms with Crippen molar-refractivity contribution >= 4 is 11.7 Å². The van der Waals surface area contributed by atoms with Gasteiger partial charge < -0.3 is 19.5 Å². The molecule has 29 heavy (non-hydrogen) atoms. The first-order valence-corrected chi connectivity index (χ1v) is 9.94. The van der Waals surface area contributed by atoms with Crippen molar-refractivity contribution < 1.29 is 19.4 Å². The van der Waals surface area contributed by atoms with Crippen molar-refractivity contribution in [2.24, 2.45) is 0 Å². The normalized spacial score (nSPS) is 18.1. The van der Waals surface area contributed by atoms with Crippen LogP contribution in [0.1, 0.15) is 36.4 Å². The summed E-state index contributed by atoms with van der Waals surface area (Å²) in [5, 5.41) is 9.89. The third-order valence-corrected chi connectivity index (χ3v) is 5.62. The van der Waals surface area contributed by atoms with Crippen LogP contribution in [0.15, 0.2) is 42.5 Å². The second-order valence-electron chi connectivity index (χ2n) is 7.58. The van der Waals surface area contributed by atoms with Crippen molar-refractivity contribution in [3.63, 3.8) is 0 Å². The average molecular weight is 399 g/mol. The molecule has 2 aromatic rings. The molecule has 0 saturated carbocycles. The van der Waals surface area contributed by atoms with Gasteiger partial charge in [0.25, 0.3) is 0 Å². The fourth-order valence-electron chi connectivity index (χ4n) is 4.09. The van der Waals surface area contributed by atoms with Crippen molar-refractivity contribution in [3.8, 4) is 11.5 Å². The molecule has 6 heteroatoms. The van der Waals surface area contributed by atoms with Gasteiger partial charge in [-0.25, -0.2) is 0 Å². The number of hydrogen-bond donors (Lipinski definition) is 1. The Hall–Kier alpha value is -2.73. The molecule has 0 amide bonds. The van der Waals surface area contributed by atoms with E-state index in [9.17, 15) is 9.90 Å². The molecule has 1 fully saturated rings. The number of ether oxygens (including phenoxy) is 2. The summed E-state index contributed by atoms with van der Waals surface area (Å²) in [5.74, 6) is 0.670. The lowest BCUT2D eigenvalue weighted by Gasteiger charge is -2.40. The molecule has 1 aliphatic heterocycles. The number of carboxylic acid groups (broad SMARTS) is 1. The van der Waals surface area contributed by atoms with Crippen molar-refractivity contribution in [2.75, 3.05) is 39.8 Å². The Balaban J connectivity index is 2.15. The molecule has 0 aromatic heterocycles. The number of rotatable bonds is 7. The lowest BCUT2D eigenvalue weighted by atomic mass is 9.91. The number of piperidine rings is 1. The molecule has 0 radical (unpaired) electrons. The van der Waals surface area contributed by atoms with Gasteiger partial charge >= 0.3 is 5.97 Å². The number of carbonyl (C=O) groups is 1. The topological polar surface area (TPSA) is 62.2 Å². The number of methoxy groups -OCH3 is 2. The molecule has 2 aromatic carbocycles. The summed E-state index contributed by atoms with van der Waals surface area (Å²) in [6, 6.07) is 13.2. The van der Waals surface area contributed by atoms with E-state index in [2.05, 4.69) is 29.2 Å². The van der Waals surface area contributed by atoms with E-state index in [1.807, 2.05) is 37.2 Å². The average Bonchev–Trinajstić information content (AvgIpc) is 2.74. The van der Waals surface area contributed by atoms with Crippen LogP contribution in [0.25, 0.3) is 0 Å². The SMILES string of the molecule is COc1ccc(OC)c(C(c2ccc(N(C)C)cc2)N2CCCCC2C(=O)O)c1. The number of benzene rings is 2. The van der Waals surface area contributed by atoms with E-state index in [-0.39, 0.29) is 6.04 Å². The third-order valence-electron chi connectivity index (χ3n) is 5.62. The first-order chi connectivity index (χ1) is 14.0. The summed E-state index contributed by atoms with van der Waals surface area (Å²) in [6.45, 7) is 0.720. The number of anilines is 1. The molecule has 1 heterocycles. The van der Waals surface area contributed by atoms with Gasteiger partial charge in [0.15, 0.2) is 0 Å². The van der Waals surface area contributed by atoms with Crippen molar-refractivity contribution in [3.05, 3.63) is 53.6 Å². The number of nitrogens with zero attached hydrogens (tertiary/aromatic N) is 2. The molecular formula is C23H30N2O4. The lowest BCUT2D eigenvalue weighted by molar-refractivity contribution is -0.145. The fourth-order valence-corrected chi connectivity index (χ4v) is 4.09. The Labute approximate surface area is 172 Å². The van der Waals surface area contributed by atoms with E-state index in [1.165, 1.54) is 0 Å². The van der Waals surface area contributed by atoms with E-state index in [0.29, 0.717) is 6.42 Å². The second kappa shape index (κ2) is 9.18. The predicted octanol–water partition coefficient (Wildman–Crippen LogP) is 3.80. The zero-order chi connectivity index (χ0) is 21.0. The summed E-state index contributed by atoms with van der Waals surface area (Å²) < 4.78 is 11.1. The van der Waals surface area contributed by atoms with Crippen LogP contribution in [-0.4, -0.2) is 56.9 Å². The van der Waals surface area contributed by atoms with E-state index in [4.69, 9.17) is 9.47 Å². The number of likely N-dealkylation sites (tertiary alicyclic amines) is 1. The first kappa shape index (κ1) is 21.0. The maximum atomic E-state index is 12.0. The minimum atomic E-state index is -0.776. The van der Waals surface area contributed by atoms with Crippen LogP contribution < -0.4 is 14.4 Å². The van der Waals surface area contributed by atoms with Gasteiger partial charge in [0.1, 0.15) is 17.5 Å². The van der Waals surface area contributed by atoms with Crippen LogP contribution in [-0.2, 0) is 4.79 Å². The van der Waals surface area contributed by atoms with Crippen molar-refractivity contribution in [1.29, 1.82) is 0 Å². The molecule has 3 rings (SSSR count). The molecule has 6 nitrogen and oxygen atoms in total. The lowest BCUT2D eigenvalue weighted by Crippen LogP contribution is -2.46. The minimum Gasteiger partial charge on any atom is -0.497 e. The van der Waals surface area contributed by atoms with Gasteiger partial charge in [-0.3, -0.25) is 9.69 Å². The smallest absolute Gasteiger partial charge is 0.320 e. The molecule has 2 atom stereocenters. The molecule has 0 aliphatic carbocycles. The van der Waals surface area contributed by atoms with Crippen LogP contribution in [0.4, 0.5) is 5.69 Å². The number of aliphatic carboxylic acids is 1. The minimum absolute atomic E-state index is 0.238. The van der Waals surface area contributed by atoms with Gasteiger partial charge in [-0.05, 0) is 55.3 Å². The zero-order valence-corrected chi connectivity index (χ0v) is 17.6. The van der Waals surface area contributed by atoms with Gasteiger partial charge in [0, 0.05) is 25.3 Å². The summed E-state index contributed by atoms with van der Waals surface area (Å²) >= 11 is 0. The standard InChI is InChI=1S/C23H30N2O4/c1-24(2)17-10-8-16(9-11-17)22(25-14-6-5-7-20(25)23(26)27)19-15-18(28-3)12-13-21(19)29-4/h8-13,15,20,22H,5-7,14H2,1-4H3,(H,26,27). The van der Waals surface area contributed by atoms with Crippen LogP contribution in [0, 0.1) is 0 Å². The Morgan fingerprint density at radius 3 is 2.41 bits per heavy atom. The van der Waals surface area contributed by atoms with Crippen molar-refractivity contribution in [2.45, 2.75) is 31.3 Å². The Morgan fingerprint density at radius 2 is 1.83 bits per heavy atom. The molecule has 0 spiro atoms. The van der Waals surface area contributed by atoms with Gasteiger partial charge in [-0.2, -0.15) is 0 Å². The third kappa shape index (κ3) is 4.48. The number of hydrogen-bond acceptors (Lipinski definition) is 5. The highest BCUT2D eigenvalue weighted by Crippen LogP contribution is 2.40. The quantitative estimate of drug-likeness (QED) is 0.766. The van der Waals surface area contributed by atoms with Gasteiger partial charge in [-0.1, -0.05) is 18.6 Å². The predicted molar refractivity (Wildman–Crippen MR) is 114 cm³/mol. The monoisotopic (exact) mass is 398 g/mol. The molecule has 1 aliphatic rings. The first-order valence-electron chi connectivity index (χ1n) is 9.94. The van der Waals surface area contributed by atoms with Gasteiger partial charge in [0.2, 0.25) is 0 Å². The van der Waals surface area contributed by atoms with E-state index >= 15 is 0 Å². The van der Waals surface area contributed by atoms with Crippen LogP contribution in [0.5, 0.6) is 11.5 Å². The molecule has 1 N–H and O–H groups in total. The molecule has 156 valence electrons. The van der Waals surface area contributed by atoms with Crippen LogP contribution in [0.3, 0.4) is 0 Å². The maximum absolute atomic E-state index is 12.0. The molecule has 2 unspecified atom stereocenters. The molecular weight excluding hydrogens is 368 g/mol. The second-order valence-corrected chi connectivity index (χ2v) is 7.58. The summed E-state index contributed by atoms with van der Waals surface area (Å²) in [6.07, 6.45) is 2.55. The highest BCUT2D eigenvalue weighted by molar-refractivity contribution is 5.74. The Kier molecular flexibility index (Phi) is 6.64. The van der Waals surface area contributed by atoms with E-state index < -0.39 is 12.0 Å². The van der Waals surface area contributed by atoms with E-state index in [1.54, 1.807) is 14.2 Å². The van der Waals surface area contributed by atoms with Crippen LogP contribution >= 0.6 is 0 Å². The fraction of sp³-hybridized carbons (Fsp3) is 0.435. The summed E-state index contributed by atoms with van der Waals surface area (Å²) in [5.41, 5.74) is 3.05. The summed E-state index contributed by atoms with van der Waals surface area (Å²) in [4.78, 5) is 16.2. The summed E-state index contributed by atoms with van der Waals surface area (Å²) in [7, 11) is 7.28. The van der Waals surface area contributed by atoms with Gasteiger partial charge in [0.05, 0.1) is 20.3 Å². The molecule has 0 bridgehead atoms. The highest BCUT2D eigenvalue weighted by Gasteiger charge is 2.36. The van der Waals surface area contributed by atoms with Gasteiger partial charge in [-0.15, -0.1) is 0 Å². The maximum Gasteiger partial charge on any atom is 0.320 e. The number of carboxylic acids is 1. The zero-order valence-electron chi connectivity index (χ0n) is 17.6. The Bertz CT molecular complexity index is 835. The van der Waals surface area contributed by atoms with Crippen LogP contribution in [0.2, 0.25) is 0 Å². The molecule has 1 saturated heterocycles. The largest absolute Gasteiger partial charge is 0.497 e. The highest BCUT2D eigenvalue weighted by atomic mass is 16.5.